The van der Waals surface area contributed by atoms with Crippen LogP contribution in [-0.2, 0) is 14.4 Å². The van der Waals surface area contributed by atoms with Crippen LogP contribution >= 0.6 is 0 Å². The second-order valence-electron chi connectivity index (χ2n) is 0.939. The van der Waals surface area contributed by atoms with Gasteiger partial charge in [-0.25, -0.2) is 9.59 Å². The van der Waals surface area contributed by atoms with Crippen molar-refractivity contribution in [3.8, 4) is 0 Å². The third-order valence-corrected chi connectivity index (χ3v) is 0.388. The molecule has 0 aliphatic carbocycles. The molecule has 0 amide bonds. The van der Waals surface area contributed by atoms with Crippen LogP contribution in [0.2, 0.25) is 0 Å². The fraction of sp³-hybridized carbons (Fsp3) is 0. The van der Waals surface area contributed by atoms with Gasteiger partial charge < -0.3 is 32.1 Å². The van der Waals surface area contributed by atoms with Crippen molar-refractivity contribution in [1.29, 1.82) is 0 Å². The van der Waals surface area contributed by atoms with Crippen LogP contribution in [0.15, 0.2) is 0 Å². The molecule has 0 heterocycles. The van der Waals surface area contributed by atoms with Crippen molar-refractivity contribution in [1.82, 2.24) is 0 Å². The molecule has 14 heavy (non-hydrogen) atoms. The number of rotatable bonds is 2. The number of aliphatic carboxylic acids is 2. The van der Waals surface area contributed by atoms with Crippen molar-refractivity contribution < 1.29 is 76.1 Å². The molecule has 6 N–H and O–H groups in total. The Hall–Kier alpha value is -0.0175. The number of hydrogen-bond acceptors (Lipinski definition) is 7. The van der Waals surface area contributed by atoms with Crippen LogP contribution in [0.5, 0.6) is 0 Å². The van der Waals surface area contributed by atoms with Crippen LogP contribution in [0.25, 0.3) is 0 Å². The third-order valence-electron chi connectivity index (χ3n) is 0.388. The van der Waals surface area contributed by atoms with E-state index in [4.69, 9.17) is 10.2 Å². The van der Waals surface area contributed by atoms with Gasteiger partial charge in [0.25, 0.3) is 0 Å². The van der Waals surface area contributed by atoms with Crippen LogP contribution in [-0.4, -0.2) is 67.2 Å². The second-order valence-corrected chi connectivity index (χ2v) is 0.939. The number of carbonyl (C=O) groups excluding carboxylic acids is 1. The molecule has 0 unspecified atom stereocenters. The van der Waals surface area contributed by atoms with E-state index >= 15 is 0 Å². The number of Topliss-reactive ketones (excluding diaryl/α,β-unsaturated/α-hetero) is 1. The number of ketones is 1. The largest absolute Gasteiger partial charge is 3.00 e. The van der Waals surface area contributed by atoms with E-state index in [1.807, 2.05) is 0 Å². The standard InChI is InChI=1S/C3H2O5.Al.Na.4H2O/c4-1(2(5)6)3(7)8;;;;;;/h(H,5,6)(H,7,8);;;4*1H2/q;+3;+1;;;;/p-4. The maximum absolute atomic E-state index is 9.64. The van der Waals surface area contributed by atoms with E-state index in [1.165, 1.54) is 0 Å². The van der Waals surface area contributed by atoms with E-state index in [0.29, 0.717) is 0 Å². The first-order chi connectivity index (χ1) is 3.55. The van der Waals surface area contributed by atoms with E-state index in [2.05, 4.69) is 0 Å². The molecule has 0 saturated carbocycles. The zero-order chi connectivity index (χ0) is 6.73. The summed E-state index contributed by atoms with van der Waals surface area (Å²) in [5, 5.41) is 15.2. The Morgan fingerprint density at radius 1 is 0.714 bits per heavy atom. The van der Waals surface area contributed by atoms with Crippen molar-refractivity contribution in [2.75, 3.05) is 0 Å². The van der Waals surface area contributed by atoms with E-state index in [-0.39, 0.29) is 68.8 Å². The van der Waals surface area contributed by atoms with Gasteiger partial charge in [0.1, 0.15) is 0 Å². The van der Waals surface area contributed by atoms with Crippen LogP contribution < -0.4 is 29.6 Å². The predicted molar refractivity (Wildman–Crippen MR) is 33.8 cm³/mol. The van der Waals surface area contributed by atoms with Gasteiger partial charge in [-0.05, 0) is 0 Å². The first-order valence-corrected chi connectivity index (χ1v) is 1.56. The van der Waals surface area contributed by atoms with E-state index < -0.39 is 17.7 Å². The first kappa shape index (κ1) is 48.3. The summed E-state index contributed by atoms with van der Waals surface area (Å²) < 4.78 is 0. The van der Waals surface area contributed by atoms with Gasteiger partial charge in [0, 0.05) is 0 Å². The number of carbonyl (C=O) groups is 3. The fourth-order valence-corrected chi connectivity index (χ4v) is 0.0915. The molecular weight excluding hydrogens is 230 g/mol. The Morgan fingerprint density at radius 3 is 0.857 bits per heavy atom. The second kappa shape index (κ2) is 23.1. The Labute approximate surface area is 111 Å². The van der Waals surface area contributed by atoms with Crippen LogP contribution in [0.3, 0.4) is 0 Å². The Morgan fingerprint density at radius 2 is 0.857 bits per heavy atom. The monoisotopic (exact) mass is 236 g/mol. The number of hydrogen-bond donors (Lipinski definition) is 2. The number of carboxylic acids is 2. The molecule has 0 aliphatic heterocycles. The minimum atomic E-state index is -1.95. The van der Waals surface area contributed by atoms with Crippen molar-refractivity contribution >= 4 is 35.1 Å². The average molecular weight is 236 g/mol. The summed E-state index contributed by atoms with van der Waals surface area (Å²) >= 11 is 0. The SMILES string of the molecule is O=C(O)C(=O)C(=O)O.[Al+3].[Na+].[OH-].[OH-].[OH-].[OH-]. The molecule has 9 nitrogen and oxygen atoms in total. The average Bonchev–Trinajstić information content (AvgIpc) is 1.64. The Bertz CT molecular complexity index is 142. The molecule has 0 atom stereocenters. The maximum Gasteiger partial charge on any atom is 3.00 e. The van der Waals surface area contributed by atoms with Crippen molar-refractivity contribution in [2.24, 2.45) is 0 Å². The molecule has 0 radical (unpaired) electrons. The summed E-state index contributed by atoms with van der Waals surface area (Å²) in [4.78, 5) is 28.5. The summed E-state index contributed by atoms with van der Waals surface area (Å²) in [7, 11) is 0. The van der Waals surface area contributed by atoms with E-state index in [9.17, 15) is 14.4 Å². The van der Waals surface area contributed by atoms with Gasteiger partial charge in [-0.15, -0.1) is 0 Å². The topological polar surface area (TPSA) is 212 Å². The van der Waals surface area contributed by atoms with E-state index in [1.54, 1.807) is 0 Å². The van der Waals surface area contributed by atoms with Crippen molar-refractivity contribution in [2.45, 2.75) is 0 Å². The third kappa shape index (κ3) is 22.7. The molecule has 0 saturated heterocycles. The summed E-state index contributed by atoms with van der Waals surface area (Å²) in [5.41, 5.74) is 0. The summed E-state index contributed by atoms with van der Waals surface area (Å²) in [5.74, 6) is -5.71. The van der Waals surface area contributed by atoms with Crippen LogP contribution in [0, 0.1) is 0 Å². The van der Waals surface area contributed by atoms with Crippen LogP contribution in [0.4, 0.5) is 0 Å². The quantitative estimate of drug-likeness (QED) is 0.265. The van der Waals surface area contributed by atoms with E-state index in [0.717, 1.165) is 0 Å². The predicted octanol–water partition coefficient (Wildman–Crippen LogP) is -5.36. The van der Waals surface area contributed by atoms with Gasteiger partial charge in [-0.1, -0.05) is 0 Å². The van der Waals surface area contributed by atoms with Gasteiger partial charge in [0.15, 0.2) is 0 Å². The van der Waals surface area contributed by atoms with Gasteiger partial charge in [-0.2, -0.15) is 0 Å². The maximum atomic E-state index is 9.64. The normalized spacial score (nSPS) is 4.57. The molecule has 0 spiro atoms. The molecule has 0 aromatic rings. The smallest absolute Gasteiger partial charge is 0.870 e. The van der Waals surface area contributed by atoms with Gasteiger partial charge in [0.2, 0.25) is 0 Å². The van der Waals surface area contributed by atoms with Gasteiger partial charge in [0.05, 0.1) is 0 Å². The number of carboxylic acid groups (broad SMARTS) is 2. The fourth-order valence-electron chi connectivity index (χ4n) is 0.0915. The molecule has 0 aromatic carbocycles. The molecule has 11 heteroatoms. The Balaban J connectivity index is -0.0000000163. The molecule has 0 rings (SSSR count). The minimum Gasteiger partial charge on any atom is -0.870 e. The van der Waals surface area contributed by atoms with Gasteiger partial charge in [-0.3, -0.25) is 4.79 Å². The van der Waals surface area contributed by atoms with Crippen LogP contribution in [0.1, 0.15) is 0 Å². The molecule has 76 valence electrons. The first-order valence-electron chi connectivity index (χ1n) is 1.56. The molecular formula is C3H6AlNaO9. The van der Waals surface area contributed by atoms with Crippen molar-refractivity contribution in [3.05, 3.63) is 0 Å². The minimum absolute atomic E-state index is 0. The summed E-state index contributed by atoms with van der Waals surface area (Å²) in [6.45, 7) is 0. The zero-order valence-electron chi connectivity index (χ0n) is 6.99. The summed E-state index contributed by atoms with van der Waals surface area (Å²) in [6.07, 6.45) is 0. The summed E-state index contributed by atoms with van der Waals surface area (Å²) in [6, 6.07) is 0. The molecule has 0 aliphatic rings. The molecule has 0 aromatic heterocycles. The Kier molecular flexibility index (Phi) is 79.8. The van der Waals surface area contributed by atoms with Crippen molar-refractivity contribution in [3.63, 3.8) is 0 Å². The molecule has 0 bridgehead atoms. The zero-order valence-corrected chi connectivity index (χ0v) is 10.1. The molecule has 0 fully saturated rings. The van der Waals surface area contributed by atoms with Gasteiger partial charge >= 0.3 is 64.6 Å².